The molecule has 106 valence electrons. The molecule has 2 N–H and O–H groups in total. The molecule has 0 aromatic heterocycles. The van der Waals surface area contributed by atoms with E-state index in [1.165, 1.54) is 0 Å². The highest BCUT2D eigenvalue weighted by molar-refractivity contribution is 7.85. The fourth-order valence-corrected chi connectivity index (χ4v) is 1.20. The maximum atomic E-state index is 11.3. The molecule has 0 aliphatic carbocycles. The molecule has 0 radical (unpaired) electrons. The van der Waals surface area contributed by atoms with Crippen LogP contribution in [0.3, 0.4) is 0 Å². The minimum absolute atomic E-state index is 0.701. The Morgan fingerprint density at radius 2 is 1.83 bits per heavy atom. The molecule has 0 bridgehead atoms. The van der Waals surface area contributed by atoms with E-state index in [2.05, 4.69) is 4.18 Å². The Kier molecular flexibility index (Phi) is 5.55. The van der Waals surface area contributed by atoms with Gasteiger partial charge in [-0.2, -0.15) is 8.42 Å². The highest BCUT2D eigenvalue weighted by atomic mass is 32.2. The Morgan fingerprint density at radius 1 is 1.33 bits per heavy atom. The van der Waals surface area contributed by atoms with Gasteiger partial charge in [0, 0.05) is 0 Å². The first-order valence-electron chi connectivity index (χ1n) is 4.97. The van der Waals surface area contributed by atoms with Crippen LogP contribution >= 0.6 is 0 Å². The Labute approximate surface area is 105 Å². The van der Waals surface area contributed by atoms with E-state index in [0.29, 0.717) is 0 Å². The van der Waals surface area contributed by atoms with Crippen molar-refractivity contribution in [1.82, 2.24) is 5.32 Å². The fourth-order valence-electron chi connectivity index (χ4n) is 0.816. The van der Waals surface area contributed by atoms with E-state index in [9.17, 15) is 18.0 Å². The molecule has 0 fully saturated rings. The molecule has 0 spiro atoms. The van der Waals surface area contributed by atoms with E-state index in [0.717, 1.165) is 6.26 Å². The number of aliphatic carboxylic acids is 1. The van der Waals surface area contributed by atoms with Gasteiger partial charge in [-0.05, 0) is 20.8 Å². The van der Waals surface area contributed by atoms with Gasteiger partial charge in [0.25, 0.3) is 10.1 Å². The summed E-state index contributed by atoms with van der Waals surface area (Å²) in [7, 11) is -3.78. The van der Waals surface area contributed by atoms with Gasteiger partial charge >= 0.3 is 12.1 Å². The monoisotopic (exact) mass is 283 g/mol. The van der Waals surface area contributed by atoms with E-state index in [4.69, 9.17) is 9.84 Å². The SMILES string of the molecule is CC(C)(C)OC(=O)N[C@@H](COS(C)(=O)=O)C(=O)O. The molecule has 8 nitrogen and oxygen atoms in total. The van der Waals surface area contributed by atoms with Crippen molar-refractivity contribution in [1.29, 1.82) is 0 Å². The van der Waals surface area contributed by atoms with Crippen molar-refractivity contribution in [2.45, 2.75) is 32.4 Å². The van der Waals surface area contributed by atoms with Crippen LogP contribution < -0.4 is 5.32 Å². The average molecular weight is 283 g/mol. The first-order chi connectivity index (χ1) is 7.91. The summed E-state index contributed by atoms with van der Waals surface area (Å²) >= 11 is 0. The molecule has 18 heavy (non-hydrogen) atoms. The predicted molar refractivity (Wildman–Crippen MR) is 61.6 cm³/mol. The van der Waals surface area contributed by atoms with Gasteiger partial charge in [-0.1, -0.05) is 0 Å². The Morgan fingerprint density at radius 3 is 2.17 bits per heavy atom. The Bertz CT molecular complexity index is 409. The maximum Gasteiger partial charge on any atom is 0.408 e. The lowest BCUT2D eigenvalue weighted by Crippen LogP contribution is -2.46. The van der Waals surface area contributed by atoms with E-state index >= 15 is 0 Å². The van der Waals surface area contributed by atoms with Crippen LogP contribution in [0.25, 0.3) is 0 Å². The number of amides is 1. The van der Waals surface area contributed by atoms with Gasteiger partial charge in [-0.25, -0.2) is 9.59 Å². The first kappa shape index (κ1) is 16.6. The Balaban J connectivity index is 4.46. The van der Waals surface area contributed by atoms with Crippen molar-refractivity contribution in [2.24, 2.45) is 0 Å². The second kappa shape index (κ2) is 6.01. The topological polar surface area (TPSA) is 119 Å². The first-order valence-corrected chi connectivity index (χ1v) is 6.79. The number of carboxylic acid groups (broad SMARTS) is 1. The van der Waals surface area contributed by atoms with Gasteiger partial charge in [0.15, 0.2) is 6.04 Å². The summed E-state index contributed by atoms with van der Waals surface area (Å²) in [5.41, 5.74) is -0.787. The van der Waals surface area contributed by atoms with Gasteiger partial charge in [-0.3, -0.25) is 4.18 Å². The fraction of sp³-hybridized carbons (Fsp3) is 0.778. The lowest BCUT2D eigenvalue weighted by Gasteiger charge is -2.21. The number of hydrogen-bond acceptors (Lipinski definition) is 6. The van der Waals surface area contributed by atoms with Crippen molar-refractivity contribution in [3.05, 3.63) is 0 Å². The van der Waals surface area contributed by atoms with Crippen LogP contribution in [0, 0.1) is 0 Å². The van der Waals surface area contributed by atoms with Crippen LogP contribution in [0.1, 0.15) is 20.8 Å². The van der Waals surface area contributed by atoms with E-state index in [1.54, 1.807) is 20.8 Å². The smallest absolute Gasteiger partial charge is 0.408 e. The molecule has 0 aliphatic heterocycles. The van der Waals surface area contributed by atoms with E-state index < -0.39 is 40.4 Å². The van der Waals surface area contributed by atoms with Crippen molar-refractivity contribution >= 4 is 22.2 Å². The molecule has 1 atom stereocenters. The van der Waals surface area contributed by atoms with Gasteiger partial charge in [-0.15, -0.1) is 0 Å². The molecular formula is C9H17NO7S. The number of ether oxygens (including phenoxy) is 1. The standard InChI is InChI=1S/C9H17NO7S/c1-9(2,3)17-8(13)10-6(7(11)12)5-16-18(4,14)15/h6H,5H2,1-4H3,(H,10,13)(H,11,12)/t6-/m0/s1. The molecule has 0 rings (SSSR count). The van der Waals surface area contributed by atoms with Crippen molar-refractivity contribution < 1.29 is 32.0 Å². The summed E-state index contributed by atoms with van der Waals surface area (Å²) in [6, 6.07) is -1.51. The van der Waals surface area contributed by atoms with Crippen LogP contribution in [-0.2, 0) is 23.8 Å². The molecule has 0 aliphatic rings. The Hall–Kier alpha value is -1.35. The molecule has 0 unspecified atom stereocenters. The number of alkyl carbamates (subject to hydrolysis) is 1. The molecule has 0 saturated heterocycles. The molecule has 9 heteroatoms. The van der Waals surface area contributed by atoms with Gasteiger partial charge in [0.2, 0.25) is 0 Å². The second-order valence-corrected chi connectivity index (χ2v) is 6.17. The highest BCUT2D eigenvalue weighted by Crippen LogP contribution is 2.07. The van der Waals surface area contributed by atoms with Crippen molar-refractivity contribution in [3.63, 3.8) is 0 Å². The van der Waals surface area contributed by atoms with E-state index in [-0.39, 0.29) is 0 Å². The molecule has 0 aromatic rings. The lowest BCUT2D eigenvalue weighted by atomic mass is 10.2. The molecule has 0 heterocycles. The van der Waals surface area contributed by atoms with Crippen molar-refractivity contribution in [3.8, 4) is 0 Å². The molecule has 1 amide bonds. The normalized spacial score (nSPS) is 13.8. The van der Waals surface area contributed by atoms with Crippen LogP contribution in [0.2, 0.25) is 0 Å². The minimum atomic E-state index is -3.78. The van der Waals surface area contributed by atoms with E-state index in [1.807, 2.05) is 5.32 Å². The third-order valence-electron chi connectivity index (χ3n) is 1.44. The summed E-state index contributed by atoms with van der Waals surface area (Å²) in [4.78, 5) is 22.1. The molecule has 0 saturated carbocycles. The van der Waals surface area contributed by atoms with Crippen molar-refractivity contribution in [2.75, 3.05) is 12.9 Å². The zero-order valence-electron chi connectivity index (χ0n) is 10.6. The number of hydrogen-bond donors (Lipinski definition) is 2. The summed E-state index contributed by atoms with van der Waals surface area (Å²) in [6.45, 7) is 4.12. The summed E-state index contributed by atoms with van der Waals surface area (Å²) < 4.78 is 30.6. The molecule has 0 aromatic carbocycles. The summed E-state index contributed by atoms with van der Waals surface area (Å²) in [5.74, 6) is -1.43. The number of carbonyl (C=O) groups excluding carboxylic acids is 1. The third-order valence-corrected chi connectivity index (χ3v) is 2.00. The van der Waals surface area contributed by atoms with Crippen LogP contribution in [0.15, 0.2) is 0 Å². The van der Waals surface area contributed by atoms with Gasteiger partial charge in [0.05, 0.1) is 12.9 Å². The summed E-state index contributed by atoms with van der Waals surface area (Å²) in [6.07, 6.45) is -0.189. The van der Waals surface area contributed by atoms with Crippen LogP contribution in [0.4, 0.5) is 4.79 Å². The predicted octanol–water partition coefficient (Wildman–Crippen LogP) is -0.0595. The van der Waals surface area contributed by atoms with Gasteiger partial charge < -0.3 is 15.2 Å². The lowest BCUT2D eigenvalue weighted by molar-refractivity contribution is -0.140. The quantitative estimate of drug-likeness (QED) is 0.678. The largest absolute Gasteiger partial charge is 0.480 e. The number of carbonyl (C=O) groups is 2. The number of nitrogens with one attached hydrogen (secondary N) is 1. The van der Waals surface area contributed by atoms with Crippen LogP contribution in [-0.4, -0.2) is 50.1 Å². The zero-order chi connectivity index (χ0) is 14.6. The summed E-state index contributed by atoms with van der Waals surface area (Å²) in [5, 5.41) is 10.8. The number of carboxylic acids is 1. The zero-order valence-corrected chi connectivity index (χ0v) is 11.4. The highest BCUT2D eigenvalue weighted by Gasteiger charge is 2.25. The average Bonchev–Trinajstić information content (AvgIpc) is 2.06. The number of rotatable bonds is 5. The molecular weight excluding hydrogens is 266 g/mol. The van der Waals surface area contributed by atoms with Crippen LogP contribution in [0.5, 0.6) is 0 Å². The minimum Gasteiger partial charge on any atom is -0.480 e. The third kappa shape index (κ3) is 8.76. The maximum absolute atomic E-state index is 11.3. The second-order valence-electron chi connectivity index (χ2n) is 4.53. The van der Waals surface area contributed by atoms with Gasteiger partial charge in [0.1, 0.15) is 5.60 Å².